The minimum atomic E-state index is -0.509. The van der Waals surface area contributed by atoms with Gasteiger partial charge in [-0.25, -0.2) is 9.48 Å². The van der Waals surface area contributed by atoms with E-state index in [0.29, 0.717) is 70.7 Å². The lowest BCUT2D eigenvalue weighted by atomic mass is 9.93. The van der Waals surface area contributed by atoms with Gasteiger partial charge in [0.2, 0.25) is 17.7 Å². The highest BCUT2D eigenvalue weighted by atomic mass is 16.6. The molecule has 55 heavy (non-hydrogen) atoms. The zero-order chi connectivity index (χ0) is 38.7. The van der Waals surface area contributed by atoms with Crippen molar-refractivity contribution in [1.29, 1.82) is 0 Å². The number of aromatic nitrogens is 2. The molecule has 2 aliphatic carbocycles. The Labute approximate surface area is 321 Å². The molecule has 1 aromatic heterocycles. The van der Waals surface area contributed by atoms with E-state index >= 15 is 0 Å². The molecule has 0 bridgehead atoms. The lowest BCUT2D eigenvalue weighted by Crippen LogP contribution is -2.51. The van der Waals surface area contributed by atoms with Crippen molar-refractivity contribution < 1.29 is 43.0 Å². The Morgan fingerprint density at radius 2 is 1.56 bits per heavy atom. The number of likely N-dealkylation sites (tertiary alicyclic amines) is 1. The van der Waals surface area contributed by atoms with Crippen molar-refractivity contribution in [3.63, 3.8) is 0 Å². The fourth-order valence-electron chi connectivity index (χ4n) is 7.53. The van der Waals surface area contributed by atoms with Crippen LogP contribution in [0.25, 0.3) is 5.69 Å². The zero-order valence-corrected chi connectivity index (χ0v) is 31.6. The average Bonchev–Trinajstić information content (AvgIpc) is 3.95. The van der Waals surface area contributed by atoms with Crippen LogP contribution in [0, 0.1) is 5.92 Å². The summed E-state index contributed by atoms with van der Waals surface area (Å²) in [5.74, 6) is -0.883. The molecule has 2 N–H and O–H groups in total. The van der Waals surface area contributed by atoms with Crippen LogP contribution in [-0.4, -0.2) is 131 Å². The predicted octanol–water partition coefficient (Wildman–Crippen LogP) is 2.82. The van der Waals surface area contributed by atoms with Crippen LogP contribution in [0.3, 0.4) is 0 Å². The first-order valence-electron chi connectivity index (χ1n) is 19.7. The van der Waals surface area contributed by atoms with Crippen LogP contribution in [0.4, 0.5) is 4.79 Å². The summed E-state index contributed by atoms with van der Waals surface area (Å²) in [4.78, 5) is 81.4. The van der Waals surface area contributed by atoms with Crippen molar-refractivity contribution in [3.8, 4) is 11.6 Å². The van der Waals surface area contributed by atoms with Gasteiger partial charge in [-0.3, -0.25) is 24.0 Å². The molecule has 2 aliphatic heterocycles. The third-order valence-corrected chi connectivity index (χ3v) is 10.9. The molecule has 6 rings (SSSR count). The summed E-state index contributed by atoms with van der Waals surface area (Å²) in [5, 5.41) is 10.6. The standard InChI is InChI=1S/C39H53N7O9/c1-2-53-39(52)44-21-19-43(20-22-44)33(47)14-7-15-36(49)55-25-27-16-17-29(23-27)41-37(50)31-24-35(46(42-31)30-11-4-3-5-12-30)54-26-34(48)45-18-8-13-32(45)38(51)40-28-9-6-10-28/h3-5,11-12,24,27-29,32H,2,6-10,13-23,25-26H2,1H3,(H,40,51)(H,41,50)/t27?,29-,32-/m0/s1. The normalized spacial score (nSPS) is 21.1. The zero-order valence-electron chi connectivity index (χ0n) is 31.6. The number of hydrogen-bond donors (Lipinski definition) is 2. The van der Waals surface area contributed by atoms with Gasteiger partial charge in [0.15, 0.2) is 12.3 Å². The molecule has 2 saturated carbocycles. The maximum absolute atomic E-state index is 13.4. The molecule has 2 saturated heterocycles. The van der Waals surface area contributed by atoms with Gasteiger partial charge in [0, 0.05) is 63.7 Å². The van der Waals surface area contributed by atoms with Crippen molar-refractivity contribution in [2.75, 3.05) is 52.5 Å². The van der Waals surface area contributed by atoms with E-state index in [0.717, 1.165) is 32.1 Å². The number of piperazine rings is 1. The molecule has 0 spiro atoms. The highest BCUT2D eigenvalue weighted by molar-refractivity contribution is 5.93. The maximum Gasteiger partial charge on any atom is 0.409 e. The van der Waals surface area contributed by atoms with E-state index < -0.39 is 6.04 Å². The van der Waals surface area contributed by atoms with Crippen molar-refractivity contribution in [3.05, 3.63) is 42.1 Å². The molecule has 298 valence electrons. The molecule has 4 aliphatic rings. The number of amides is 5. The van der Waals surface area contributed by atoms with Crippen molar-refractivity contribution >= 4 is 35.7 Å². The number of hydrogen-bond acceptors (Lipinski definition) is 10. The minimum Gasteiger partial charge on any atom is -0.467 e. The molecule has 0 radical (unpaired) electrons. The maximum atomic E-state index is 13.4. The Kier molecular flexibility index (Phi) is 13.6. The van der Waals surface area contributed by atoms with Crippen LogP contribution in [0.2, 0.25) is 0 Å². The van der Waals surface area contributed by atoms with Gasteiger partial charge in [-0.05, 0) is 82.8 Å². The molecule has 5 amide bonds. The summed E-state index contributed by atoms with van der Waals surface area (Å²) in [7, 11) is 0. The minimum absolute atomic E-state index is 0.0492. The van der Waals surface area contributed by atoms with Gasteiger partial charge >= 0.3 is 12.1 Å². The highest BCUT2D eigenvalue weighted by Gasteiger charge is 2.36. The predicted molar refractivity (Wildman–Crippen MR) is 198 cm³/mol. The smallest absolute Gasteiger partial charge is 0.409 e. The molecule has 4 fully saturated rings. The molecule has 1 aromatic carbocycles. The third-order valence-electron chi connectivity index (χ3n) is 10.9. The summed E-state index contributed by atoms with van der Waals surface area (Å²) in [6.45, 7) is 4.21. The molecule has 16 heteroatoms. The second-order valence-electron chi connectivity index (χ2n) is 14.7. The van der Waals surface area contributed by atoms with Crippen LogP contribution in [0.1, 0.15) is 88.0 Å². The number of ether oxygens (including phenoxy) is 3. The molecular formula is C39H53N7O9. The highest BCUT2D eigenvalue weighted by Crippen LogP contribution is 2.27. The summed E-state index contributed by atoms with van der Waals surface area (Å²) < 4.78 is 18.0. The number of para-hydroxylation sites is 1. The Morgan fingerprint density at radius 1 is 0.800 bits per heavy atom. The van der Waals surface area contributed by atoms with Gasteiger partial charge in [-0.15, -0.1) is 0 Å². The van der Waals surface area contributed by atoms with Gasteiger partial charge in [0.1, 0.15) is 6.04 Å². The number of rotatable bonds is 15. The van der Waals surface area contributed by atoms with E-state index in [-0.39, 0.29) is 91.3 Å². The van der Waals surface area contributed by atoms with Crippen LogP contribution in [0.5, 0.6) is 5.88 Å². The van der Waals surface area contributed by atoms with Gasteiger partial charge in [0.05, 0.1) is 18.9 Å². The summed E-state index contributed by atoms with van der Waals surface area (Å²) >= 11 is 0. The Bertz CT molecular complexity index is 1670. The van der Waals surface area contributed by atoms with Gasteiger partial charge in [0.25, 0.3) is 11.8 Å². The largest absolute Gasteiger partial charge is 0.467 e. The average molecular weight is 764 g/mol. The number of nitrogens with one attached hydrogen (secondary N) is 2. The van der Waals surface area contributed by atoms with Crippen molar-refractivity contribution in [2.45, 2.75) is 95.7 Å². The van der Waals surface area contributed by atoms with E-state index in [9.17, 15) is 28.8 Å². The fourth-order valence-corrected chi connectivity index (χ4v) is 7.53. The number of nitrogens with zero attached hydrogens (tertiary/aromatic N) is 5. The van der Waals surface area contributed by atoms with Crippen LogP contribution in [0.15, 0.2) is 36.4 Å². The Hall–Kier alpha value is -5.15. The van der Waals surface area contributed by atoms with Gasteiger partial charge in [-0.2, -0.15) is 5.10 Å². The first kappa shape index (κ1) is 39.5. The molecular weight excluding hydrogens is 710 g/mol. The summed E-state index contributed by atoms with van der Waals surface area (Å²) in [5.41, 5.74) is 0.791. The van der Waals surface area contributed by atoms with E-state index in [1.807, 2.05) is 30.3 Å². The van der Waals surface area contributed by atoms with E-state index in [4.69, 9.17) is 14.2 Å². The topological polar surface area (TPSA) is 182 Å². The fraction of sp³-hybridized carbons (Fsp3) is 0.615. The van der Waals surface area contributed by atoms with Crippen LogP contribution < -0.4 is 15.4 Å². The number of carbonyl (C=O) groups excluding carboxylic acids is 6. The quantitative estimate of drug-likeness (QED) is 0.256. The third kappa shape index (κ3) is 10.5. The molecule has 3 heterocycles. The van der Waals surface area contributed by atoms with Crippen molar-refractivity contribution in [1.82, 2.24) is 35.1 Å². The van der Waals surface area contributed by atoms with E-state index in [2.05, 4.69) is 15.7 Å². The second kappa shape index (κ2) is 18.9. The second-order valence-corrected chi connectivity index (χ2v) is 14.7. The number of benzene rings is 1. The lowest BCUT2D eigenvalue weighted by molar-refractivity contribution is -0.145. The lowest BCUT2D eigenvalue weighted by Gasteiger charge is -2.34. The Morgan fingerprint density at radius 3 is 2.29 bits per heavy atom. The summed E-state index contributed by atoms with van der Waals surface area (Å²) in [6, 6.07) is 10.2. The SMILES string of the molecule is CCOC(=O)N1CCN(C(=O)CCCC(=O)OCC2CC[C@H](NC(=O)c3cc(OCC(=O)N4CCC[C@H]4C(=O)NC4CCC4)n(-c4ccccc4)n3)C2)CC1. The molecule has 1 unspecified atom stereocenters. The van der Waals surface area contributed by atoms with Crippen LogP contribution >= 0.6 is 0 Å². The van der Waals surface area contributed by atoms with Crippen molar-refractivity contribution in [2.24, 2.45) is 5.92 Å². The summed E-state index contributed by atoms with van der Waals surface area (Å²) in [6.07, 6.45) is 6.92. The first-order chi connectivity index (χ1) is 26.7. The molecule has 2 aromatic rings. The monoisotopic (exact) mass is 763 g/mol. The number of carbonyl (C=O) groups is 6. The van der Waals surface area contributed by atoms with E-state index in [1.165, 1.54) is 10.7 Å². The number of esters is 1. The van der Waals surface area contributed by atoms with Crippen LogP contribution in [-0.2, 0) is 28.7 Å². The molecule has 3 atom stereocenters. The first-order valence-corrected chi connectivity index (χ1v) is 19.7. The van der Waals surface area contributed by atoms with Gasteiger partial charge < -0.3 is 39.5 Å². The van der Waals surface area contributed by atoms with Gasteiger partial charge in [-0.1, -0.05) is 18.2 Å². The van der Waals surface area contributed by atoms with E-state index in [1.54, 1.807) is 21.6 Å². The molecule has 16 nitrogen and oxygen atoms in total. The Balaban J connectivity index is 0.932.